The number of carbonyl (C=O) groups excluding carboxylic acids is 1. The van der Waals surface area contributed by atoms with Gasteiger partial charge in [0.25, 0.3) is 0 Å². The Morgan fingerprint density at radius 1 is 1.19 bits per heavy atom. The molecule has 1 heterocycles. The van der Waals surface area contributed by atoms with Crippen LogP contribution in [0.3, 0.4) is 0 Å². The molecule has 1 amide bonds. The van der Waals surface area contributed by atoms with Crippen LogP contribution in [-0.4, -0.2) is 45.4 Å². The minimum absolute atomic E-state index is 0.0681. The molecule has 2 aromatic carbocycles. The maximum absolute atomic E-state index is 13.1. The Labute approximate surface area is 192 Å². The molecule has 1 N–H and O–H groups in total. The van der Waals surface area contributed by atoms with Crippen LogP contribution in [0.2, 0.25) is 10.0 Å². The second kappa shape index (κ2) is 10.1. The van der Waals surface area contributed by atoms with Gasteiger partial charge < -0.3 is 14.8 Å². The van der Waals surface area contributed by atoms with Gasteiger partial charge in [0.2, 0.25) is 15.9 Å². The van der Waals surface area contributed by atoms with E-state index in [0.29, 0.717) is 48.2 Å². The highest BCUT2D eigenvalue weighted by atomic mass is 35.5. The number of amides is 1. The van der Waals surface area contributed by atoms with Crippen LogP contribution < -0.4 is 14.8 Å². The van der Waals surface area contributed by atoms with Crippen molar-refractivity contribution < 1.29 is 22.7 Å². The summed E-state index contributed by atoms with van der Waals surface area (Å²) in [5.74, 6) is 0.104. The van der Waals surface area contributed by atoms with Crippen LogP contribution in [-0.2, 0) is 14.8 Å². The highest BCUT2D eigenvalue weighted by Gasteiger charge is 2.34. The maximum Gasteiger partial charge on any atom is 0.243 e. The molecule has 0 aromatic heterocycles. The number of piperidine rings is 1. The first kappa shape index (κ1) is 23.7. The molecule has 0 spiro atoms. The Balaban J connectivity index is 1.76. The van der Waals surface area contributed by atoms with Gasteiger partial charge in [-0.05, 0) is 56.2 Å². The zero-order valence-electron chi connectivity index (χ0n) is 17.2. The third kappa shape index (κ3) is 5.44. The monoisotopic (exact) mass is 486 g/mol. The van der Waals surface area contributed by atoms with Crippen LogP contribution in [0.25, 0.3) is 0 Å². The Kier molecular flexibility index (Phi) is 7.69. The molecule has 168 valence electrons. The van der Waals surface area contributed by atoms with Crippen molar-refractivity contribution in [2.75, 3.05) is 32.1 Å². The SMILES string of the molecule is CCOc1ccc(S(=O)(=O)N2CCC[C@@H](C(=O)Nc3cc(Cl)ccc3OC)C2)cc1Cl. The number of hydrogen-bond acceptors (Lipinski definition) is 5. The third-order valence-electron chi connectivity index (χ3n) is 5.02. The second-order valence-corrected chi connectivity index (χ2v) is 9.84. The fraction of sp³-hybridized carbons (Fsp3) is 0.381. The van der Waals surface area contributed by atoms with Crippen molar-refractivity contribution in [2.24, 2.45) is 5.92 Å². The summed E-state index contributed by atoms with van der Waals surface area (Å²) >= 11 is 12.2. The molecule has 1 fully saturated rings. The molecule has 10 heteroatoms. The van der Waals surface area contributed by atoms with E-state index in [-0.39, 0.29) is 22.4 Å². The lowest BCUT2D eigenvalue weighted by Gasteiger charge is -2.31. The van der Waals surface area contributed by atoms with E-state index < -0.39 is 15.9 Å². The number of ether oxygens (including phenoxy) is 2. The van der Waals surface area contributed by atoms with E-state index in [1.807, 2.05) is 6.92 Å². The molecule has 0 bridgehead atoms. The highest BCUT2D eigenvalue weighted by molar-refractivity contribution is 7.89. The normalized spacial score (nSPS) is 17.2. The molecule has 3 rings (SSSR count). The summed E-state index contributed by atoms with van der Waals surface area (Å²) in [6.45, 7) is 2.64. The lowest BCUT2D eigenvalue weighted by molar-refractivity contribution is -0.120. The molecule has 1 atom stereocenters. The quantitative estimate of drug-likeness (QED) is 0.624. The van der Waals surface area contributed by atoms with Crippen molar-refractivity contribution in [3.8, 4) is 11.5 Å². The topological polar surface area (TPSA) is 84.9 Å². The minimum atomic E-state index is -3.81. The standard InChI is InChI=1S/C21H24Cl2N2O5S/c1-3-30-19-9-7-16(12-17(19)23)31(27,28)25-10-4-5-14(13-25)21(26)24-18-11-15(22)6-8-20(18)29-2/h6-9,11-12,14H,3-5,10,13H2,1-2H3,(H,24,26)/t14-/m1/s1. The van der Waals surface area contributed by atoms with Gasteiger partial charge >= 0.3 is 0 Å². The van der Waals surface area contributed by atoms with E-state index in [9.17, 15) is 13.2 Å². The van der Waals surface area contributed by atoms with Gasteiger partial charge in [0.05, 0.1) is 35.2 Å². The Hall–Kier alpha value is -2.00. The van der Waals surface area contributed by atoms with Gasteiger partial charge in [-0.3, -0.25) is 4.79 Å². The van der Waals surface area contributed by atoms with Crippen molar-refractivity contribution in [1.82, 2.24) is 4.31 Å². The van der Waals surface area contributed by atoms with Crippen molar-refractivity contribution in [3.05, 3.63) is 46.4 Å². The Bertz CT molecular complexity index is 1060. The zero-order chi connectivity index (χ0) is 22.6. The maximum atomic E-state index is 13.1. The van der Waals surface area contributed by atoms with Crippen LogP contribution in [0, 0.1) is 5.92 Å². The number of halogens is 2. The average Bonchev–Trinajstić information content (AvgIpc) is 2.75. The van der Waals surface area contributed by atoms with Crippen LogP contribution in [0.5, 0.6) is 11.5 Å². The molecule has 1 aliphatic heterocycles. The van der Waals surface area contributed by atoms with Crippen LogP contribution in [0.1, 0.15) is 19.8 Å². The van der Waals surface area contributed by atoms with E-state index >= 15 is 0 Å². The number of methoxy groups -OCH3 is 1. The Morgan fingerprint density at radius 2 is 1.94 bits per heavy atom. The number of nitrogens with one attached hydrogen (secondary N) is 1. The summed E-state index contributed by atoms with van der Waals surface area (Å²) in [7, 11) is -2.31. The van der Waals surface area contributed by atoms with Crippen LogP contribution in [0.15, 0.2) is 41.3 Å². The van der Waals surface area contributed by atoms with Gasteiger partial charge in [-0.1, -0.05) is 23.2 Å². The first-order valence-corrected chi connectivity index (χ1v) is 12.0. The molecule has 1 saturated heterocycles. The summed E-state index contributed by atoms with van der Waals surface area (Å²) in [6.07, 6.45) is 1.14. The first-order chi connectivity index (χ1) is 14.8. The summed E-state index contributed by atoms with van der Waals surface area (Å²) in [4.78, 5) is 12.9. The number of hydrogen-bond donors (Lipinski definition) is 1. The predicted molar refractivity (Wildman–Crippen MR) is 121 cm³/mol. The van der Waals surface area contributed by atoms with E-state index in [2.05, 4.69) is 5.32 Å². The molecule has 7 nitrogen and oxygen atoms in total. The lowest BCUT2D eigenvalue weighted by Crippen LogP contribution is -2.43. The summed E-state index contributed by atoms with van der Waals surface area (Å²) in [5.41, 5.74) is 0.443. The number of carbonyl (C=O) groups is 1. The van der Waals surface area contributed by atoms with Gasteiger partial charge in [-0.15, -0.1) is 0 Å². The number of nitrogens with zero attached hydrogens (tertiary/aromatic N) is 1. The van der Waals surface area contributed by atoms with E-state index in [4.69, 9.17) is 32.7 Å². The van der Waals surface area contributed by atoms with Gasteiger partial charge in [-0.2, -0.15) is 4.31 Å². The van der Waals surface area contributed by atoms with Crippen molar-refractivity contribution in [3.63, 3.8) is 0 Å². The van der Waals surface area contributed by atoms with Crippen LogP contribution >= 0.6 is 23.2 Å². The smallest absolute Gasteiger partial charge is 0.243 e. The fourth-order valence-electron chi connectivity index (χ4n) is 3.45. The van der Waals surface area contributed by atoms with Gasteiger partial charge in [0, 0.05) is 18.1 Å². The molecule has 31 heavy (non-hydrogen) atoms. The van der Waals surface area contributed by atoms with Gasteiger partial charge in [0.1, 0.15) is 11.5 Å². The molecular formula is C21H24Cl2N2O5S. The van der Waals surface area contributed by atoms with Gasteiger partial charge in [-0.25, -0.2) is 8.42 Å². The third-order valence-corrected chi connectivity index (χ3v) is 7.41. The fourth-order valence-corrected chi connectivity index (χ4v) is 5.47. The highest BCUT2D eigenvalue weighted by Crippen LogP contribution is 2.32. The first-order valence-electron chi connectivity index (χ1n) is 9.83. The molecule has 0 unspecified atom stereocenters. The van der Waals surface area contributed by atoms with Crippen molar-refractivity contribution in [1.29, 1.82) is 0 Å². The molecule has 2 aromatic rings. The van der Waals surface area contributed by atoms with Crippen molar-refractivity contribution >= 4 is 44.8 Å². The van der Waals surface area contributed by atoms with Gasteiger partial charge in [0.15, 0.2) is 0 Å². The number of benzene rings is 2. The lowest BCUT2D eigenvalue weighted by atomic mass is 9.98. The summed E-state index contributed by atoms with van der Waals surface area (Å²) < 4.78 is 38.2. The van der Waals surface area contributed by atoms with E-state index in [1.165, 1.54) is 29.6 Å². The summed E-state index contributed by atoms with van der Waals surface area (Å²) in [6, 6.07) is 9.29. The van der Waals surface area contributed by atoms with E-state index in [1.54, 1.807) is 18.2 Å². The van der Waals surface area contributed by atoms with Crippen LogP contribution in [0.4, 0.5) is 5.69 Å². The zero-order valence-corrected chi connectivity index (χ0v) is 19.6. The largest absolute Gasteiger partial charge is 0.495 e. The van der Waals surface area contributed by atoms with Crippen molar-refractivity contribution in [2.45, 2.75) is 24.7 Å². The minimum Gasteiger partial charge on any atom is -0.495 e. The Morgan fingerprint density at radius 3 is 2.61 bits per heavy atom. The number of anilines is 1. The average molecular weight is 487 g/mol. The molecule has 0 radical (unpaired) electrons. The summed E-state index contributed by atoms with van der Waals surface area (Å²) in [5, 5.41) is 3.49. The second-order valence-electron chi connectivity index (χ2n) is 7.06. The predicted octanol–water partition coefficient (Wildman–Crippen LogP) is 4.44. The molecule has 0 saturated carbocycles. The van der Waals surface area contributed by atoms with E-state index in [0.717, 1.165) is 0 Å². The molecule has 1 aliphatic rings. The molecule has 0 aliphatic carbocycles. The number of sulfonamides is 1. The molecular weight excluding hydrogens is 463 g/mol. The number of rotatable bonds is 7.